The topological polar surface area (TPSA) is 35.5 Å². The van der Waals surface area contributed by atoms with Crippen LogP contribution in [0.4, 0.5) is 0 Å². The standard InChI is InChI=1S/C13H18O3.C12H10/c1-4-13(2,3)16-12(14)10-15-11-8-6-5-7-9-11;1-3-7-11(8-4-1)12-9-5-2-6-10-12/h5-9H,4,10H2,1-3H3;1-10H. The predicted octanol–water partition coefficient (Wildman–Crippen LogP) is 6.15. The first-order valence-electron chi connectivity index (χ1n) is 9.50. The number of para-hydroxylation sites is 1. The summed E-state index contributed by atoms with van der Waals surface area (Å²) in [5.74, 6) is 0.337. The van der Waals surface area contributed by atoms with E-state index in [1.54, 1.807) is 12.1 Å². The Kier molecular flexibility index (Phi) is 8.29. The number of esters is 1. The molecule has 0 atom stereocenters. The van der Waals surface area contributed by atoms with Crippen LogP contribution in [0.25, 0.3) is 11.1 Å². The molecular formula is C25H28O3. The van der Waals surface area contributed by atoms with E-state index in [2.05, 4.69) is 48.5 Å². The van der Waals surface area contributed by atoms with E-state index < -0.39 is 5.60 Å². The van der Waals surface area contributed by atoms with Crippen molar-refractivity contribution in [3.8, 4) is 16.9 Å². The van der Waals surface area contributed by atoms with Gasteiger partial charge in [-0.3, -0.25) is 0 Å². The zero-order valence-corrected chi connectivity index (χ0v) is 16.8. The maximum Gasteiger partial charge on any atom is 0.344 e. The van der Waals surface area contributed by atoms with E-state index in [-0.39, 0.29) is 12.6 Å². The van der Waals surface area contributed by atoms with Crippen molar-refractivity contribution in [3.63, 3.8) is 0 Å². The van der Waals surface area contributed by atoms with Crippen LogP contribution in [0.1, 0.15) is 27.2 Å². The molecule has 0 aliphatic rings. The molecule has 3 heteroatoms. The lowest BCUT2D eigenvalue weighted by atomic mass is 10.1. The molecule has 0 saturated heterocycles. The van der Waals surface area contributed by atoms with E-state index in [4.69, 9.17) is 9.47 Å². The van der Waals surface area contributed by atoms with E-state index in [1.165, 1.54) is 11.1 Å². The summed E-state index contributed by atoms with van der Waals surface area (Å²) >= 11 is 0. The summed E-state index contributed by atoms with van der Waals surface area (Å²) in [6, 6.07) is 30.0. The van der Waals surface area contributed by atoms with Crippen molar-refractivity contribution in [2.24, 2.45) is 0 Å². The van der Waals surface area contributed by atoms with Crippen LogP contribution in [0.5, 0.6) is 5.75 Å². The number of carbonyl (C=O) groups is 1. The van der Waals surface area contributed by atoms with Gasteiger partial charge in [0.2, 0.25) is 0 Å². The van der Waals surface area contributed by atoms with Crippen LogP contribution in [0.2, 0.25) is 0 Å². The molecule has 0 fully saturated rings. The van der Waals surface area contributed by atoms with Gasteiger partial charge in [0.15, 0.2) is 6.61 Å². The highest BCUT2D eigenvalue weighted by Crippen LogP contribution is 2.17. The molecule has 28 heavy (non-hydrogen) atoms. The average molecular weight is 376 g/mol. The average Bonchev–Trinajstić information content (AvgIpc) is 2.74. The van der Waals surface area contributed by atoms with E-state index in [0.717, 1.165) is 6.42 Å². The molecule has 0 radical (unpaired) electrons. The molecule has 0 heterocycles. The van der Waals surface area contributed by atoms with E-state index in [1.807, 2.05) is 51.1 Å². The molecule has 146 valence electrons. The normalized spacial score (nSPS) is 10.4. The second-order valence-corrected chi connectivity index (χ2v) is 6.92. The van der Waals surface area contributed by atoms with Gasteiger partial charge in [0.25, 0.3) is 0 Å². The van der Waals surface area contributed by atoms with Crippen LogP contribution >= 0.6 is 0 Å². The Labute approximate surface area is 167 Å². The monoisotopic (exact) mass is 376 g/mol. The fourth-order valence-corrected chi connectivity index (χ4v) is 2.33. The molecule has 0 N–H and O–H groups in total. The minimum atomic E-state index is -0.420. The Morgan fingerprint density at radius 1 is 0.750 bits per heavy atom. The quantitative estimate of drug-likeness (QED) is 0.484. The number of rotatable bonds is 6. The summed E-state index contributed by atoms with van der Waals surface area (Å²) in [6.07, 6.45) is 0.782. The fraction of sp³-hybridized carbons (Fsp3) is 0.240. The van der Waals surface area contributed by atoms with Crippen molar-refractivity contribution in [1.82, 2.24) is 0 Å². The lowest BCUT2D eigenvalue weighted by Gasteiger charge is -2.23. The fourth-order valence-electron chi connectivity index (χ4n) is 2.33. The summed E-state index contributed by atoms with van der Waals surface area (Å²) in [5, 5.41) is 0. The van der Waals surface area contributed by atoms with Crippen molar-refractivity contribution in [2.45, 2.75) is 32.8 Å². The van der Waals surface area contributed by atoms with Crippen molar-refractivity contribution in [2.75, 3.05) is 6.61 Å². The van der Waals surface area contributed by atoms with Crippen molar-refractivity contribution in [1.29, 1.82) is 0 Å². The third kappa shape index (κ3) is 7.67. The lowest BCUT2D eigenvalue weighted by molar-refractivity contribution is -0.159. The summed E-state index contributed by atoms with van der Waals surface area (Å²) in [5.41, 5.74) is 2.13. The first-order valence-corrected chi connectivity index (χ1v) is 9.50. The maximum atomic E-state index is 11.4. The van der Waals surface area contributed by atoms with Gasteiger partial charge >= 0.3 is 5.97 Å². The Morgan fingerprint density at radius 2 is 1.18 bits per heavy atom. The third-order valence-electron chi connectivity index (χ3n) is 4.22. The van der Waals surface area contributed by atoms with Gasteiger partial charge in [-0.1, -0.05) is 85.8 Å². The van der Waals surface area contributed by atoms with Gasteiger partial charge < -0.3 is 9.47 Å². The van der Waals surface area contributed by atoms with Crippen LogP contribution < -0.4 is 4.74 Å². The van der Waals surface area contributed by atoms with Gasteiger partial charge in [-0.15, -0.1) is 0 Å². The lowest BCUT2D eigenvalue weighted by Crippen LogP contribution is -2.29. The van der Waals surface area contributed by atoms with Gasteiger partial charge in [0.05, 0.1) is 0 Å². The van der Waals surface area contributed by atoms with Crippen molar-refractivity contribution < 1.29 is 14.3 Å². The number of hydrogen-bond donors (Lipinski definition) is 0. The van der Waals surface area contributed by atoms with Crippen LogP contribution in [-0.4, -0.2) is 18.2 Å². The summed E-state index contributed by atoms with van der Waals surface area (Å²) < 4.78 is 10.5. The molecule has 0 aliphatic carbocycles. The van der Waals surface area contributed by atoms with E-state index in [9.17, 15) is 4.79 Å². The van der Waals surface area contributed by atoms with Gasteiger partial charge in [0.1, 0.15) is 11.4 Å². The molecule has 0 amide bonds. The van der Waals surface area contributed by atoms with Gasteiger partial charge in [0, 0.05) is 0 Å². The van der Waals surface area contributed by atoms with Crippen molar-refractivity contribution >= 4 is 5.97 Å². The van der Waals surface area contributed by atoms with Gasteiger partial charge in [-0.25, -0.2) is 4.79 Å². The zero-order valence-electron chi connectivity index (χ0n) is 16.8. The molecule has 0 aromatic heterocycles. The summed E-state index contributed by atoms with van der Waals surface area (Å²) in [4.78, 5) is 11.4. The SMILES string of the molecule is CCC(C)(C)OC(=O)COc1ccccc1.c1ccc(-c2ccccc2)cc1. The van der Waals surface area contributed by atoms with Crippen molar-refractivity contribution in [3.05, 3.63) is 91.0 Å². The first kappa shape index (κ1) is 21.2. The van der Waals surface area contributed by atoms with E-state index in [0.29, 0.717) is 5.75 Å². The molecule has 0 spiro atoms. The third-order valence-corrected chi connectivity index (χ3v) is 4.22. The molecule has 3 rings (SSSR count). The highest BCUT2D eigenvalue weighted by Gasteiger charge is 2.20. The Morgan fingerprint density at radius 3 is 1.61 bits per heavy atom. The Bertz CT molecular complexity index is 775. The van der Waals surface area contributed by atoms with Crippen LogP contribution in [0.3, 0.4) is 0 Å². The largest absolute Gasteiger partial charge is 0.482 e. The molecule has 3 nitrogen and oxygen atoms in total. The minimum absolute atomic E-state index is 0.0482. The molecule has 3 aromatic carbocycles. The number of benzene rings is 3. The molecular weight excluding hydrogens is 348 g/mol. The number of hydrogen-bond acceptors (Lipinski definition) is 3. The van der Waals surface area contributed by atoms with Gasteiger partial charge in [-0.05, 0) is 43.5 Å². The second-order valence-electron chi connectivity index (χ2n) is 6.92. The predicted molar refractivity (Wildman–Crippen MR) is 114 cm³/mol. The van der Waals surface area contributed by atoms with Crippen LogP contribution in [0.15, 0.2) is 91.0 Å². The summed E-state index contributed by atoms with van der Waals surface area (Å²) in [7, 11) is 0. The Hall–Kier alpha value is -3.07. The molecule has 0 saturated carbocycles. The zero-order chi connectivity index (χ0) is 20.2. The number of carbonyl (C=O) groups excluding carboxylic acids is 1. The van der Waals surface area contributed by atoms with Crippen LogP contribution in [-0.2, 0) is 9.53 Å². The maximum absolute atomic E-state index is 11.4. The highest BCUT2D eigenvalue weighted by atomic mass is 16.6. The highest BCUT2D eigenvalue weighted by molar-refractivity contribution is 5.71. The number of ether oxygens (including phenoxy) is 2. The van der Waals surface area contributed by atoms with Crippen LogP contribution in [0, 0.1) is 0 Å². The molecule has 0 bridgehead atoms. The molecule has 0 unspecified atom stereocenters. The molecule has 3 aromatic rings. The summed E-state index contributed by atoms with van der Waals surface area (Å²) in [6.45, 7) is 5.69. The van der Waals surface area contributed by atoms with Gasteiger partial charge in [-0.2, -0.15) is 0 Å². The van der Waals surface area contributed by atoms with E-state index >= 15 is 0 Å². The minimum Gasteiger partial charge on any atom is -0.482 e. The second kappa shape index (κ2) is 10.9. The smallest absolute Gasteiger partial charge is 0.344 e. The molecule has 0 aliphatic heterocycles. The first-order chi connectivity index (χ1) is 13.5. The Balaban J connectivity index is 0.000000207.